The van der Waals surface area contributed by atoms with Gasteiger partial charge in [-0.25, -0.2) is 8.42 Å². The number of nitrogens with one attached hydrogen (secondary N) is 1. The van der Waals surface area contributed by atoms with Crippen molar-refractivity contribution in [2.45, 2.75) is 44.7 Å². The van der Waals surface area contributed by atoms with Gasteiger partial charge in [0.25, 0.3) is 15.7 Å². The summed E-state index contributed by atoms with van der Waals surface area (Å²) in [6.07, 6.45) is 0.672. The largest absolute Gasteiger partial charge is 0.497 e. The van der Waals surface area contributed by atoms with Crippen molar-refractivity contribution >= 4 is 44.8 Å². The average molecular weight is 647 g/mol. The number of methoxy groups -OCH3 is 2. The number of hydrogen-bond donors (Lipinski definition) is 1. The van der Waals surface area contributed by atoms with Gasteiger partial charge in [0.15, 0.2) is 0 Å². The summed E-state index contributed by atoms with van der Waals surface area (Å²) in [6.45, 7) is 4.48. The minimum Gasteiger partial charge on any atom is -0.497 e. The highest BCUT2D eigenvalue weighted by Crippen LogP contribution is 2.36. The summed E-state index contributed by atoms with van der Waals surface area (Å²) in [6, 6.07) is 13.6. The number of amides is 2. The number of benzene rings is 3. The highest BCUT2D eigenvalue weighted by molar-refractivity contribution is 7.92. The topological polar surface area (TPSA) is 148 Å². The molecule has 2 amide bonds. The second-order valence-electron chi connectivity index (χ2n) is 9.87. The van der Waals surface area contributed by atoms with Crippen LogP contribution < -0.4 is 19.1 Å². The molecule has 3 aromatic carbocycles. The molecule has 0 radical (unpaired) electrons. The zero-order valence-electron chi connectivity index (χ0n) is 25.1. The Hall–Kier alpha value is -4.36. The van der Waals surface area contributed by atoms with Gasteiger partial charge < -0.3 is 19.7 Å². The number of sulfonamides is 1. The smallest absolute Gasteiger partial charge is 0.273 e. The van der Waals surface area contributed by atoms with E-state index in [1.54, 1.807) is 31.2 Å². The summed E-state index contributed by atoms with van der Waals surface area (Å²) in [4.78, 5) is 39.0. The summed E-state index contributed by atoms with van der Waals surface area (Å²) >= 11 is 6.25. The lowest BCUT2D eigenvalue weighted by Crippen LogP contribution is -2.51. The number of nitrogens with zero attached hydrogens (tertiary/aromatic N) is 3. The third-order valence-corrected chi connectivity index (χ3v) is 8.85. The molecule has 3 rings (SSSR count). The lowest BCUT2D eigenvalue weighted by Gasteiger charge is -2.32. The molecular weight excluding hydrogens is 612 g/mol. The van der Waals surface area contributed by atoms with E-state index in [9.17, 15) is 28.1 Å². The molecule has 1 atom stereocenters. The van der Waals surface area contributed by atoms with Crippen LogP contribution >= 0.6 is 11.6 Å². The van der Waals surface area contributed by atoms with E-state index >= 15 is 0 Å². The van der Waals surface area contributed by atoms with Crippen LogP contribution in [0.2, 0.25) is 5.02 Å². The van der Waals surface area contributed by atoms with Crippen molar-refractivity contribution < 1.29 is 32.4 Å². The maximum atomic E-state index is 14.2. The molecule has 0 saturated carbocycles. The first-order valence-corrected chi connectivity index (χ1v) is 15.5. The van der Waals surface area contributed by atoms with E-state index in [0.29, 0.717) is 24.3 Å². The van der Waals surface area contributed by atoms with E-state index in [0.717, 1.165) is 10.4 Å². The standard InChI is InChI=1S/C30H35ClN4O8S/c1-6-14-32-30(37)21(3)33(18-22-8-7-9-24(15-22)42-4)29(36)19-34(27-16-23(31)11-13-28(27)43-5)44(40,41)25-12-10-20(2)26(17-25)35(38)39/h7-13,15-17,21H,6,14,18-19H2,1-5H3,(H,32,37). The Bertz CT molecular complexity index is 1630. The predicted octanol–water partition coefficient (Wildman–Crippen LogP) is 4.71. The molecular formula is C30H35ClN4O8S. The van der Waals surface area contributed by atoms with Crippen molar-refractivity contribution in [3.8, 4) is 11.5 Å². The number of nitro benzene ring substituents is 1. The monoisotopic (exact) mass is 646 g/mol. The Morgan fingerprint density at radius 2 is 1.80 bits per heavy atom. The number of rotatable bonds is 14. The summed E-state index contributed by atoms with van der Waals surface area (Å²) in [7, 11) is -1.80. The van der Waals surface area contributed by atoms with Gasteiger partial charge in [-0.05, 0) is 62.2 Å². The first kappa shape index (κ1) is 34.1. The number of nitro groups is 1. The van der Waals surface area contributed by atoms with E-state index in [1.807, 2.05) is 6.92 Å². The fraction of sp³-hybridized carbons (Fsp3) is 0.333. The molecule has 3 aromatic rings. The molecule has 1 unspecified atom stereocenters. The summed E-state index contributed by atoms with van der Waals surface area (Å²) in [5, 5.41) is 14.6. The van der Waals surface area contributed by atoms with Crippen LogP contribution in [0, 0.1) is 17.0 Å². The number of carbonyl (C=O) groups is 2. The molecule has 0 saturated heterocycles. The van der Waals surface area contributed by atoms with Crippen molar-refractivity contribution in [3.63, 3.8) is 0 Å². The molecule has 0 aromatic heterocycles. The Morgan fingerprint density at radius 3 is 2.43 bits per heavy atom. The van der Waals surface area contributed by atoms with Gasteiger partial charge in [0, 0.05) is 29.7 Å². The van der Waals surface area contributed by atoms with Gasteiger partial charge >= 0.3 is 0 Å². The number of hydrogen-bond acceptors (Lipinski definition) is 8. The maximum absolute atomic E-state index is 14.2. The highest BCUT2D eigenvalue weighted by atomic mass is 35.5. The Morgan fingerprint density at radius 1 is 1.07 bits per heavy atom. The molecule has 0 aliphatic heterocycles. The van der Waals surface area contributed by atoms with E-state index in [4.69, 9.17) is 21.1 Å². The Kier molecular flexibility index (Phi) is 11.5. The predicted molar refractivity (Wildman–Crippen MR) is 167 cm³/mol. The number of anilines is 1. The molecule has 0 aliphatic rings. The number of ether oxygens (including phenoxy) is 2. The lowest BCUT2D eigenvalue weighted by molar-refractivity contribution is -0.385. The van der Waals surface area contributed by atoms with E-state index in [1.165, 1.54) is 56.4 Å². The van der Waals surface area contributed by atoms with E-state index < -0.39 is 49.9 Å². The van der Waals surface area contributed by atoms with Crippen molar-refractivity contribution in [1.29, 1.82) is 0 Å². The minimum absolute atomic E-state index is 0.0483. The van der Waals surface area contributed by atoms with E-state index in [2.05, 4.69) is 5.32 Å². The zero-order valence-corrected chi connectivity index (χ0v) is 26.6. The third kappa shape index (κ3) is 7.97. The third-order valence-electron chi connectivity index (χ3n) is 6.86. The summed E-state index contributed by atoms with van der Waals surface area (Å²) in [5.41, 5.74) is 0.419. The molecule has 12 nitrogen and oxygen atoms in total. The van der Waals surface area contributed by atoms with Gasteiger partial charge in [-0.2, -0.15) is 0 Å². The van der Waals surface area contributed by atoms with Crippen LogP contribution in [0.15, 0.2) is 65.6 Å². The van der Waals surface area contributed by atoms with Gasteiger partial charge in [0.2, 0.25) is 11.8 Å². The van der Waals surface area contributed by atoms with Crippen molar-refractivity contribution in [1.82, 2.24) is 10.2 Å². The van der Waals surface area contributed by atoms with Gasteiger partial charge in [-0.1, -0.05) is 36.7 Å². The van der Waals surface area contributed by atoms with Gasteiger partial charge in [-0.15, -0.1) is 0 Å². The molecule has 0 spiro atoms. The fourth-order valence-electron chi connectivity index (χ4n) is 4.39. The van der Waals surface area contributed by atoms with Crippen LogP contribution in [0.25, 0.3) is 0 Å². The summed E-state index contributed by atoms with van der Waals surface area (Å²) in [5.74, 6) is -0.529. The van der Waals surface area contributed by atoms with Crippen LogP contribution in [-0.2, 0) is 26.2 Å². The normalized spacial score (nSPS) is 11.8. The van der Waals surface area contributed by atoms with Crippen LogP contribution in [-0.4, -0.2) is 63.4 Å². The fourth-order valence-corrected chi connectivity index (χ4v) is 5.99. The quantitative estimate of drug-likeness (QED) is 0.196. The van der Waals surface area contributed by atoms with Gasteiger partial charge in [-0.3, -0.25) is 24.0 Å². The molecule has 236 valence electrons. The van der Waals surface area contributed by atoms with Gasteiger partial charge in [0.1, 0.15) is 24.1 Å². The molecule has 0 aliphatic carbocycles. The van der Waals surface area contributed by atoms with Crippen LogP contribution in [0.5, 0.6) is 11.5 Å². The summed E-state index contributed by atoms with van der Waals surface area (Å²) < 4.78 is 39.9. The molecule has 0 fully saturated rings. The Labute approximate surface area is 261 Å². The van der Waals surface area contributed by atoms with Crippen molar-refractivity contribution in [2.75, 3.05) is 31.6 Å². The molecule has 0 bridgehead atoms. The number of halogens is 1. The van der Waals surface area contributed by atoms with Crippen LogP contribution in [0.1, 0.15) is 31.4 Å². The molecule has 0 heterocycles. The lowest BCUT2D eigenvalue weighted by atomic mass is 10.1. The van der Waals surface area contributed by atoms with Gasteiger partial charge in [0.05, 0.1) is 29.7 Å². The van der Waals surface area contributed by atoms with Crippen molar-refractivity contribution in [2.24, 2.45) is 0 Å². The zero-order chi connectivity index (χ0) is 32.6. The van der Waals surface area contributed by atoms with E-state index in [-0.39, 0.29) is 28.6 Å². The molecule has 44 heavy (non-hydrogen) atoms. The number of aryl methyl sites for hydroxylation is 1. The van der Waals surface area contributed by atoms with Crippen LogP contribution in [0.4, 0.5) is 11.4 Å². The SMILES string of the molecule is CCCNC(=O)C(C)N(Cc1cccc(OC)c1)C(=O)CN(c1cc(Cl)ccc1OC)S(=O)(=O)c1ccc(C)c([N+](=O)[O-])c1. The number of carbonyl (C=O) groups excluding carboxylic acids is 2. The van der Waals surface area contributed by atoms with Crippen molar-refractivity contribution in [3.05, 3.63) is 86.9 Å². The molecule has 1 N–H and O–H groups in total. The molecule has 14 heteroatoms. The second-order valence-corrected chi connectivity index (χ2v) is 12.2. The first-order chi connectivity index (χ1) is 20.8. The maximum Gasteiger partial charge on any atom is 0.273 e. The van der Waals surface area contributed by atoms with Crippen LogP contribution in [0.3, 0.4) is 0 Å². The highest BCUT2D eigenvalue weighted by Gasteiger charge is 2.35. The second kappa shape index (κ2) is 14.9. The average Bonchev–Trinajstić information content (AvgIpc) is 3.00. The Balaban J connectivity index is 2.16. The first-order valence-electron chi connectivity index (χ1n) is 13.6. The minimum atomic E-state index is -4.63.